The molecule has 0 radical (unpaired) electrons. The highest BCUT2D eigenvalue weighted by molar-refractivity contribution is 7.99. The Hall–Kier alpha value is -2.98. The van der Waals surface area contributed by atoms with Gasteiger partial charge < -0.3 is 20.6 Å². The highest BCUT2D eigenvalue weighted by Gasteiger charge is 2.21. The molecule has 33 heavy (non-hydrogen) atoms. The van der Waals surface area contributed by atoms with Crippen LogP contribution in [0.4, 0.5) is 10.2 Å². The summed E-state index contributed by atoms with van der Waals surface area (Å²) in [5.41, 5.74) is 11.5. The molecule has 0 spiro atoms. The van der Waals surface area contributed by atoms with Gasteiger partial charge in [0.1, 0.15) is 5.82 Å². The van der Waals surface area contributed by atoms with Crippen molar-refractivity contribution in [2.45, 2.75) is 50.6 Å². The second kappa shape index (κ2) is 9.11. The number of nitrogens with one attached hydrogen (secondary N) is 2. The zero-order valence-electron chi connectivity index (χ0n) is 18.7. The molecule has 1 aliphatic heterocycles. The Balaban J connectivity index is 1.56. The van der Waals surface area contributed by atoms with Gasteiger partial charge in [0.15, 0.2) is 17.0 Å². The monoisotopic (exact) mass is 466 g/mol. The van der Waals surface area contributed by atoms with Crippen molar-refractivity contribution >= 4 is 28.7 Å². The van der Waals surface area contributed by atoms with Crippen LogP contribution < -0.4 is 11.1 Å². The molecule has 0 fully saturated rings. The third-order valence-electron chi connectivity index (χ3n) is 5.84. The van der Waals surface area contributed by atoms with Crippen LogP contribution in [0.5, 0.6) is 0 Å². The zero-order chi connectivity index (χ0) is 22.9. The maximum Gasteiger partial charge on any atom is 0.312 e. The number of aryl methyl sites for hydroxylation is 2. The van der Waals surface area contributed by atoms with Gasteiger partial charge in [0.2, 0.25) is 0 Å². The number of benzene rings is 1. The second-order valence-corrected chi connectivity index (χ2v) is 9.69. The van der Waals surface area contributed by atoms with E-state index in [-0.39, 0.29) is 5.82 Å². The normalized spacial score (nSPS) is 13.3. The molecule has 0 amide bonds. The largest absolute Gasteiger partial charge is 0.382 e. The fraction of sp³-hybridized carbons (Fsp3) is 0.391. The van der Waals surface area contributed by atoms with E-state index in [1.807, 2.05) is 22.5 Å². The maximum atomic E-state index is 14.0. The molecule has 3 aromatic heterocycles. The molecule has 0 aliphatic carbocycles. The molecule has 4 aromatic rings. The van der Waals surface area contributed by atoms with Crippen LogP contribution in [0.2, 0.25) is 0 Å². The molecule has 0 saturated carbocycles. The van der Waals surface area contributed by atoms with Crippen LogP contribution in [0, 0.1) is 6.08 Å². The molecule has 1 aromatic carbocycles. The van der Waals surface area contributed by atoms with E-state index in [1.54, 1.807) is 6.33 Å². The van der Waals surface area contributed by atoms with Gasteiger partial charge in [-0.05, 0) is 36.6 Å². The predicted molar refractivity (Wildman–Crippen MR) is 129 cm³/mol. The molecule has 0 bridgehead atoms. The van der Waals surface area contributed by atoms with Crippen LogP contribution in [0.15, 0.2) is 29.6 Å². The van der Waals surface area contributed by atoms with Crippen molar-refractivity contribution in [1.82, 2.24) is 34.8 Å². The van der Waals surface area contributed by atoms with Gasteiger partial charge in [-0.25, -0.2) is 9.97 Å². The number of nitrogen functional groups attached to an aromatic ring is 1. The van der Waals surface area contributed by atoms with E-state index in [1.165, 1.54) is 10.5 Å². The minimum absolute atomic E-state index is 0.0666. The molecule has 1 aliphatic rings. The summed E-state index contributed by atoms with van der Waals surface area (Å²) in [6.45, 7) is 5.73. The SMILES string of the molecule is CC(C)NCCCn1c(Cc2cc3c(cc2-c2cnc[nH]2)SCC3)nc2c(N)nc(F)nc21. The molecule has 0 unspecified atom stereocenters. The molecule has 5 rings (SSSR count). The summed E-state index contributed by atoms with van der Waals surface area (Å²) in [5, 5.41) is 3.43. The minimum Gasteiger partial charge on any atom is -0.382 e. The van der Waals surface area contributed by atoms with E-state index in [9.17, 15) is 4.39 Å². The van der Waals surface area contributed by atoms with Crippen molar-refractivity contribution in [2.24, 2.45) is 0 Å². The summed E-state index contributed by atoms with van der Waals surface area (Å²) in [5.74, 6) is 1.96. The average molecular weight is 467 g/mol. The average Bonchev–Trinajstić information content (AvgIpc) is 3.51. The van der Waals surface area contributed by atoms with Crippen molar-refractivity contribution in [3.63, 3.8) is 0 Å². The molecule has 8 nitrogen and oxygen atoms in total. The number of thioether (sulfide) groups is 1. The summed E-state index contributed by atoms with van der Waals surface area (Å²) in [6.07, 6.45) is 5.18. The lowest BCUT2D eigenvalue weighted by Gasteiger charge is -2.14. The molecule has 0 atom stereocenters. The first-order valence-electron chi connectivity index (χ1n) is 11.2. The molecular formula is C23H27FN8S. The number of nitrogens with two attached hydrogens (primary N) is 1. The van der Waals surface area contributed by atoms with E-state index in [2.05, 4.69) is 51.2 Å². The third-order valence-corrected chi connectivity index (χ3v) is 6.94. The first kappa shape index (κ1) is 21.8. The first-order valence-corrected chi connectivity index (χ1v) is 12.2. The van der Waals surface area contributed by atoms with Gasteiger partial charge in [0.25, 0.3) is 0 Å². The predicted octanol–water partition coefficient (Wildman–Crippen LogP) is 3.56. The second-order valence-electron chi connectivity index (χ2n) is 8.55. The lowest BCUT2D eigenvalue weighted by atomic mass is 9.98. The van der Waals surface area contributed by atoms with Crippen molar-refractivity contribution in [2.75, 3.05) is 18.0 Å². The number of imidazole rings is 2. The van der Waals surface area contributed by atoms with Gasteiger partial charge in [0, 0.05) is 35.2 Å². The van der Waals surface area contributed by atoms with Crippen molar-refractivity contribution < 1.29 is 4.39 Å². The first-order chi connectivity index (χ1) is 16.0. The van der Waals surface area contributed by atoms with Crippen molar-refractivity contribution in [1.29, 1.82) is 0 Å². The van der Waals surface area contributed by atoms with Crippen LogP contribution in [0.25, 0.3) is 22.4 Å². The van der Waals surface area contributed by atoms with Gasteiger partial charge >= 0.3 is 6.08 Å². The Morgan fingerprint density at radius 3 is 2.94 bits per heavy atom. The quantitative estimate of drug-likeness (QED) is 0.269. The van der Waals surface area contributed by atoms with E-state index >= 15 is 0 Å². The lowest BCUT2D eigenvalue weighted by molar-refractivity contribution is 0.525. The Labute approximate surface area is 195 Å². The number of halogens is 1. The zero-order valence-corrected chi connectivity index (χ0v) is 19.5. The number of hydrogen-bond donors (Lipinski definition) is 3. The summed E-state index contributed by atoms with van der Waals surface area (Å²) < 4.78 is 16.0. The number of H-pyrrole nitrogens is 1. The van der Waals surface area contributed by atoms with E-state index in [4.69, 9.17) is 10.7 Å². The number of hydrogen-bond acceptors (Lipinski definition) is 7. The number of rotatable bonds is 8. The lowest BCUT2D eigenvalue weighted by Crippen LogP contribution is -2.24. The van der Waals surface area contributed by atoms with Gasteiger partial charge in [-0.15, -0.1) is 11.8 Å². The van der Waals surface area contributed by atoms with Crippen LogP contribution in [-0.2, 0) is 19.4 Å². The fourth-order valence-electron chi connectivity index (χ4n) is 4.28. The third kappa shape index (κ3) is 4.45. The molecular weight excluding hydrogens is 439 g/mol. The van der Waals surface area contributed by atoms with Crippen molar-refractivity contribution in [3.05, 3.63) is 47.7 Å². The molecule has 0 saturated heterocycles. The highest BCUT2D eigenvalue weighted by Crippen LogP contribution is 2.37. The summed E-state index contributed by atoms with van der Waals surface area (Å²) in [6, 6.07) is 4.91. The number of anilines is 1. The molecule has 4 N–H and O–H groups in total. The van der Waals surface area contributed by atoms with Crippen LogP contribution >= 0.6 is 11.8 Å². The Bertz CT molecular complexity index is 1280. The van der Waals surface area contributed by atoms with Gasteiger partial charge in [0.05, 0.1) is 18.2 Å². The van der Waals surface area contributed by atoms with Crippen LogP contribution in [0.3, 0.4) is 0 Å². The molecule has 172 valence electrons. The van der Waals surface area contributed by atoms with E-state index in [0.29, 0.717) is 30.2 Å². The summed E-state index contributed by atoms with van der Waals surface area (Å²) in [4.78, 5) is 21.3. The smallest absolute Gasteiger partial charge is 0.312 e. The van der Waals surface area contributed by atoms with Gasteiger partial charge in [-0.2, -0.15) is 14.4 Å². The van der Waals surface area contributed by atoms with Gasteiger partial charge in [-0.3, -0.25) is 0 Å². The van der Waals surface area contributed by atoms with Crippen LogP contribution in [0.1, 0.15) is 37.2 Å². The highest BCUT2D eigenvalue weighted by atomic mass is 32.2. The van der Waals surface area contributed by atoms with E-state index in [0.717, 1.165) is 47.8 Å². The number of aromatic amines is 1. The fourth-order valence-corrected chi connectivity index (χ4v) is 5.37. The number of aromatic nitrogens is 6. The Morgan fingerprint density at radius 2 is 2.15 bits per heavy atom. The van der Waals surface area contributed by atoms with E-state index < -0.39 is 6.08 Å². The van der Waals surface area contributed by atoms with Crippen LogP contribution in [-0.4, -0.2) is 47.8 Å². The Kier molecular flexibility index (Phi) is 6.03. The Morgan fingerprint density at radius 1 is 1.27 bits per heavy atom. The standard InChI is InChI=1S/C23H27FN8S/c1-13(2)27-5-3-6-32-19(29-20-21(25)30-23(24)31-22(20)32)9-15-8-14-4-7-33-18(14)10-16(15)17-11-26-12-28-17/h8,10-13,27H,3-7,9H2,1-2H3,(H,26,28)(H2,25,30,31). The topological polar surface area (TPSA) is 110 Å². The number of fused-ring (bicyclic) bond motifs is 2. The molecule has 4 heterocycles. The minimum atomic E-state index is -0.833. The summed E-state index contributed by atoms with van der Waals surface area (Å²) in [7, 11) is 0. The van der Waals surface area contributed by atoms with Crippen molar-refractivity contribution in [3.8, 4) is 11.3 Å². The van der Waals surface area contributed by atoms with Gasteiger partial charge in [-0.1, -0.05) is 19.9 Å². The maximum absolute atomic E-state index is 14.0. The number of nitrogens with zero attached hydrogens (tertiary/aromatic N) is 5. The summed E-state index contributed by atoms with van der Waals surface area (Å²) >= 11 is 1.88. The molecule has 10 heteroatoms.